The number of hydrogen-bond acceptors (Lipinski definition) is 5. The van der Waals surface area contributed by atoms with E-state index in [-0.39, 0.29) is 0 Å². The van der Waals surface area contributed by atoms with Crippen molar-refractivity contribution in [1.82, 2.24) is 5.06 Å². The number of halogens is 3. The third-order valence-corrected chi connectivity index (χ3v) is 3.85. The summed E-state index contributed by atoms with van der Waals surface area (Å²) in [6, 6.07) is 0. The Labute approximate surface area is 123 Å². The lowest BCUT2D eigenvalue weighted by molar-refractivity contribution is -0.194. The molecule has 1 fully saturated rings. The van der Waals surface area contributed by atoms with Gasteiger partial charge in [-0.15, -0.1) is 0 Å². The van der Waals surface area contributed by atoms with Gasteiger partial charge in [-0.25, -0.2) is 0 Å². The molecule has 18 heavy (non-hydrogen) atoms. The Kier molecular flexibility index (Phi) is 8.01. The molecule has 0 spiro atoms. The van der Waals surface area contributed by atoms with Crippen LogP contribution < -0.4 is 0 Å². The molecular formula is C9H17Cl3NO4P. The predicted molar refractivity (Wildman–Crippen MR) is 72.6 cm³/mol. The Balaban J connectivity index is 2.63. The number of rotatable bonds is 7. The van der Waals surface area contributed by atoms with Crippen LogP contribution in [-0.2, 0) is 18.4 Å². The van der Waals surface area contributed by atoms with E-state index in [0.717, 1.165) is 6.42 Å². The van der Waals surface area contributed by atoms with Gasteiger partial charge >= 0.3 is 8.60 Å². The van der Waals surface area contributed by atoms with E-state index in [2.05, 4.69) is 0 Å². The van der Waals surface area contributed by atoms with Crippen LogP contribution in [0.25, 0.3) is 0 Å². The Hall–Kier alpha value is 1.10. The SMILES string of the molecule is CCOP(OCC)OC(N1CCCO1)C(Cl)(Cl)Cl. The molecule has 0 radical (unpaired) electrons. The van der Waals surface area contributed by atoms with E-state index in [0.29, 0.717) is 26.4 Å². The van der Waals surface area contributed by atoms with Gasteiger partial charge in [0.05, 0.1) is 19.8 Å². The summed E-state index contributed by atoms with van der Waals surface area (Å²) < 4.78 is 14.6. The first kappa shape index (κ1) is 17.2. The molecule has 5 nitrogen and oxygen atoms in total. The van der Waals surface area contributed by atoms with E-state index in [9.17, 15) is 0 Å². The van der Waals surface area contributed by atoms with Crippen LogP contribution in [-0.4, -0.2) is 41.4 Å². The zero-order chi connectivity index (χ0) is 13.6. The van der Waals surface area contributed by atoms with Gasteiger partial charge in [-0.2, -0.15) is 5.06 Å². The molecule has 0 aromatic rings. The Morgan fingerprint density at radius 2 is 1.89 bits per heavy atom. The van der Waals surface area contributed by atoms with E-state index in [1.54, 1.807) is 0 Å². The van der Waals surface area contributed by atoms with Crippen molar-refractivity contribution in [3.8, 4) is 0 Å². The minimum atomic E-state index is -1.64. The second-order valence-electron chi connectivity index (χ2n) is 3.39. The van der Waals surface area contributed by atoms with E-state index in [1.807, 2.05) is 13.8 Å². The van der Waals surface area contributed by atoms with Gasteiger partial charge in [-0.1, -0.05) is 34.8 Å². The minimum absolute atomic E-state index is 0.457. The van der Waals surface area contributed by atoms with Gasteiger partial charge in [-0.3, -0.25) is 9.36 Å². The number of hydroxylamine groups is 2. The highest BCUT2D eigenvalue weighted by Crippen LogP contribution is 2.47. The maximum Gasteiger partial charge on any atom is 0.334 e. The topological polar surface area (TPSA) is 40.2 Å². The second kappa shape index (κ2) is 8.40. The van der Waals surface area contributed by atoms with Crippen LogP contribution in [0.2, 0.25) is 0 Å². The predicted octanol–water partition coefficient (Wildman–Crippen LogP) is 3.64. The zero-order valence-electron chi connectivity index (χ0n) is 10.3. The average molecular weight is 341 g/mol. The lowest BCUT2D eigenvalue weighted by Gasteiger charge is -2.32. The molecule has 1 heterocycles. The van der Waals surface area contributed by atoms with E-state index in [1.165, 1.54) is 5.06 Å². The highest BCUT2D eigenvalue weighted by atomic mass is 35.6. The quantitative estimate of drug-likeness (QED) is 0.523. The molecule has 0 N–H and O–H groups in total. The van der Waals surface area contributed by atoms with Gasteiger partial charge in [0, 0.05) is 6.54 Å². The monoisotopic (exact) mass is 339 g/mol. The van der Waals surface area contributed by atoms with E-state index >= 15 is 0 Å². The van der Waals surface area contributed by atoms with Gasteiger partial charge in [0.1, 0.15) is 0 Å². The molecule has 1 saturated heterocycles. The van der Waals surface area contributed by atoms with E-state index < -0.39 is 18.6 Å². The van der Waals surface area contributed by atoms with Crippen LogP contribution in [0.15, 0.2) is 0 Å². The third-order valence-electron chi connectivity index (χ3n) is 1.98. The molecule has 0 aromatic heterocycles. The molecule has 1 rings (SSSR count). The number of nitrogens with zero attached hydrogens (tertiary/aromatic N) is 1. The fourth-order valence-corrected chi connectivity index (χ4v) is 3.01. The van der Waals surface area contributed by atoms with Gasteiger partial charge in [0.25, 0.3) is 0 Å². The maximum absolute atomic E-state index is 5.91. The smallest absolute Gasteiger partial charge is 0.313 e. The summed E-state index contributed by atoms with van der Waals surface area (Å²) >= 11 is 17.7. The molecule has 108 valence electrons. The van der Waals surface area contributed by atoms with Crippen LogP contribution >= 0.6 is 43.4 Å². The summed E-state index contributed by atoms with van der Waals surface area (Å²) in [5, 5.41) is 1.51. The summed E-state index contributed by atoms with van der Waals surface area (Å²) in [6.07, 6.45) is 0.0103. The van der Waals surface area contributed by atoms with Crippen molar-refractivity contribution in [3.63, 3.8) is 0 Å². The first-order valence-corrected chi connectivity index (χ1v) is 7.91. The zero-order valence-corrected chi connectivity index (χ0v) is 13.4. The minimum Gasteiger partial charge on any atom is -0.313 e. The number of hydrogen-bond donors (Lipinski definition) is 0. The summed E-state index contributed by atoms with van der Waals surface area (Å²) in [7, 11) is -1.56. The Morgan fingerprint density at radius 3 is 2.28 bits per heavy atom. The fraction of sp³-hybridized carbons (Fsp3) is 1.00. The van der Waals surface area contributed by atoms with Crippen molar-refractivity contribution in [2.75, 3.05) is 26.4 Å². The highest BCUT2D eigenvalue weighted by Gasteiger charge is 2.43. The summed E-state index contributed by atoms with van der Waals surface area (Å²) in [5.41, 5.74) is 0. The standard InChI is InChI=1S/C9H17Cl3NO4P/c1-3-15-18(16-4-2)17-8(9(10,11)12)13-6-5-7-14-13/h8H,3-7H2,1-2H3. The van der Waals surface area contributed by atoms with Crippen molar-refractivity contribution < 1.29 is 18.4 Å². The third kappa shape index (κ3) is 5.61. The molecule has 1 aliphatic rings. The van der Waals surface area contributed by atoms with Crippen LogP contribution in [0.4, 0.5) is 0 Å². The van der Waals surface area contributed by atoms with Crippen molar-refractivity contribution in [1.29, 1.82) is 0 Å². The van der Waals surface area contributed by atoms with Crippen molar-refractivity contribution in [2.24, 2.45) is 0 Å². The molecule has 0 bridgehead atoms. The molecular weight excluding hydrogens is 323 g/mol. The summed E-state index contributed by atoms with van der Waals surface area (Å²) in [5.74, 6) is 0. The lowest BCUT2D eigenvalue weighted by atomic mass is 10.4. The molecule has 1 aliphatic heterocycles. The van der Waals surface area contributed by atoms with Crippen LogP contribution in [0.3, 0.4) is 0 Å². The second-order valence-corrected chi connectivity index (χ2v) is 6.93. The summed E-state index contributed by atoms with van der Waals surface area (Å²) in [6.45, 7) is 5.82. The normalized spacial score (nSPS) is 19.7. The molecule has 1 atom stereocenters. The molecule has 0 amide bonds. The summed E-state index contributed by atoms with van der Waals surface area (Å²) in [4.78, 5) is 5.35. The van der Waals surface area contributed by atoms with Gasteiger partial charge in [0.15, 0.2) is 6.23 Å². The van der Waals surface area contributed by atoms with Crippen molar-refractivity contribution in [2.45, 2.75) is 30.3 Å². The first-order chi connectivity index (χ1) is 8.49. The van der Waals surface area contributed by atoms with Crippen LogP contribution in [0.1, 0.15) is 20.3 Å². The maximum atomic E-state index is 5.91. The molecule has 0 aromatic carbocycles. The lowest BCUT2D eigenvalue weighted by Crippen LogP contribution is -2.43. The molecule has 0 aliphatic carbocycles. The van der Waals surface area contributed by atoms with Gasteiger partial charge in [0.2, 0.25) is 3.79 Å². The van der Waals surface area contributed by atoms with Crippen LogP contribution in [0, 0.1) is 0 Å². The molecule has 0 saturated carbocycles. The molecule has 9 heteroatoms. The van der Waals surface area contributed by atoms with Gasteiger partial charge < -0.3 is 9.05 Å². The Bertz CT molecular complexity index is 232. The fourth-order valence-electron chi connectivity index (χ4n) is 1.32. The van der Waals surface area contributed by atoms with Crippen LogP contribution in [0.5, 0.6) is 0 Å². The number of alkyl halides is 3. The highest BCUT2D eigenvalue weighted by molar-refractivity contribution is 7.41. The van der Waals surface area contributed by atoms with Crippen molar-refractivity contribution in [3.05, 3.63) is 0 Å². The Morgan fingerprint density at radius 1 is 1.28 bits per heavy atom. The first-order valence-electron chi connectivity index (χ1n) is 5.68. The van der Waals surface area contributed by atoms with Crippen molar-refractivity contribution >= 4 is 43.4 Å². The van der Waals surface area contributed by atoms with Gasteiger partial charge in [-0.05, 0) is 20.3 Å². The average Bonchev–Trinajstić information content (AvgIpc) is 2.77. The van der Waals surface area contributed by atoms with E-state index in [4.69, 9.17) is 53.2 Å². The molecule has 1 unspecified atom stereocenters. The largest absolute Gasteiger partial charge is 0.334 e.